The highest BCUT2D eigenvalue weighted by Gasteiger charge is 2.19. The Morgan fingerprint density at radius 1 is 1.42 bits per heavy atom. The average molecular weight is 286 g/mol. The smallest absolute Gasteiger partial charge is 0.158 e. The van der Waals surface area contributed by atoms with E-state index in [1.807, 2.05) is 23.9 Å². The van der Waals surface area contributed by atoms with Crippen molar-refractivity contribution >= 4 is 9.84 Å². The summed E-state index contributed by atoms with van der Waals surface area (Å²) in [6.45, 7) is 2.67. The lowest BCUT2D eigenvalue weighted by atomic mass is 10.3. The third-order valence-electron chi connectivity index (χ3n) is 3.47. The van der Waals surface area contributed by atoms with Gasteiger partial charge in [0, 0.05) is 12.8 Å². The summed E-state index contributed by atoms with van der Waals surface area (Å²) >= 11 is 0. The van der Waals surface area contributed by atoms with Crippen LogP contribution < -0.4 is 0 Å². The van der Waals surface area contributed by atoms with E-state index in [2.05, 4.69) is 5.10 Å². The van der Waals surface area contributed by atoms with Crippen molar-refractivity contribution < 1.29 is 13.2 Å². The number of hydrogen-bond acceptors (Lipinski definition) is 4. The van der Waals surface area contributed by atoms with E-state index in [0.29, 0.717) is 18.3 Å². The Labute approximate surface area is 114 Å². The Bertz CT molecular complexity index is 490. The van der Waals surface area contributed by atoms with E-state index in [4.69, 9.17) is 4.74 Å². The van der Waals surface area contributed by atoms with Crippen LogP contribution in [0, 0.1) is 0 Å². The molecule has 5 nitrogen and oxygen atoms in total. The summed E-state index contributed by atoms with van der Waals surface area (Å²) in [6, 6.07) is 2.27. The van der Waals surface area contributed by atoms with Crippen LogP contribution in [0.1, 0.15) is 44.3 Å². The van der Waals surface area contributed by atoms with Gasteiger partial charge in [-0.1, -0.05) is 12.8 Å². The number of aromatic nitrogens is 2. The molecule has 19 heavy (non-hydrogen) atoms. The molecular weight excluding hydrogens is 264 g/mol. The van der Waals surface area contributed by atoms with Gasteiger partial charge in [0.2, 0.25) is 0 Å². The van der Waals surface area contributed by atoms with Gasteiger partial charge in [0.05, 0.1) is 29.8 Å². The second-order valence-corrected chi connectivity index (χ2v) is 7.20. The van der Waals surface area contributed by atoms with Gasteiger partial charge in [-0.3, -0.25) is 4.68 Å². The van der Waals surface area contributed by atoms with Crippen molar-refractivity contribution in [2.75, 3.05) is 19.0 Å². The summed E-state index contributed by atoms with van der Waals surface area (Å²) in [6.07, 6.45) is 6.69. The molecule has 0 aliphatic heterocycles. The van der Waals surface area contributed by atoms with Gasteiger partial charge in [-0.25, -0.2) is 8.42 Å². The summed E-state index contributed by atoms with van der Waals surface area (Å²) in [5, 5.41) is 4.40. The zero-order chi connectivity index (χ0) is 13.7. The van der Waals surface area contributed by atoms with Crippen molar-refractivity contribution in [3.05, 3.63) is 18.0 Å². The van der Waals surface area contributed by atoms with E-state index in [0.717, 1.165) is 12.8 Å². The fourth-order valence-electron chi connectivity index (χ4n) is 2.45. The molecule has 108 valence electrons. The van der Waals surface area contributed by atoms with Crippen LogP contribution in [-0.2, 0) is 20.3 Å². The highest BCUT2D eigenvalue weighted by Crippen LogP contribution is 2.28. The first-order valence-corrected chi connectivity index (χ1v) is 8.75. The topological polar surface area (TPSA) is 61.2 Å². The third-order valence-corrected chi connectivity index (χ3v) is 5.00. The maximum absolute atomic E-state index is 11.9. The molecule has 0 amide bonds. The predicted octanol–water partition coefficient (Wildman–Crippen LogP) is 1.95. The monoisotopic (exact) mass is 286 g/mol. The van der Waals surface area contributed by atoms with Crippen LogP contribution in [0.25, 0.3) is 0 Å². The number of sulfone groups is 1. The van der Waals surface area contributed by atoms with Crippen LogP contribution in [-0.4, -0.2) is 37.2 Å². The van der Waals surface area contributed by atoms with Crippen LogP contribution in [0.15, 0.2) is 12.3 Å². The van der Waals surface area contributed by atoms with E-state index in [1.165, 1.54) is 12.8 Å². The minimum absolute atomic E-state index is 0.0137. The van der Waals surface area contributed by atoms with Crippen LogP contribution in [0.5, 0.6) is 0 Å². The molecule has 2 rings (SSSR count). The fourth-order valence-corrected chi connectivity index (χ4v) is 3.57. The van der Waals surface area contributed by atoms with Gasteiger partial charge in [0.1, 0.15) is 0 Å². The summed E-state index contributed by atoms with van der Waals surface area (Å²) in [5.74, 6) is 0.0803. The average Bonchev–Trinajstić information content (AvgIpc) is 2.98. The van der Waals surface area contributed by atoms with Gasteiger partial charge >= 0.3 is 0 Å². The van der Waals surface area contributed by atoms with E-state index in [1.54, 1.807) is 0 Å². The molecule has 0 bridgehead atoms. The van der Waals surface area contributed by atoms with E-state index in [9.17, 15) is 8.42 Å². The first-order valence-electron chi connectivity index (χ1n) is 6.93. The highest BCUT2D eigenvalue weighted by molar-refractivity contribution is 7.90. The fraction of sp³-hybridized carbons (Fsp3) is 0.769. The highest BCUT2D eigenvalue weighted by atomic mass is 32.2. The SMILES string of the molecule is CCOCCS(=O)(=O)Cc1ccn(C2CCCC2)n1. The minimum Gasteiger partial charge on any atom is -0.381 e. The zero-order valence-corrected chi connectivity index (χ0v) is 12.2. The maximum atomic E-state index is 11.9. The van der Waals surface area contributed by atoms with Crippen molar-refractivity contribution in [3.63, 3.8) is 0 Å². The van der Waals surface area contributed by atoms with Crippen molar-refractivity contribution in [2.24, 2.45) is 0 Å². The number of rotatable bonds is 7. The Kier molecular flexibility index (Phi) is 4.99. The molecule has 1 aliphatic rings. The van der Waals surface area contributed by atoms with Crippen LogP contribution in [0.2, 0.25) is 0 Å². The quantitative estimate of drug-likeness (QED) is 0.719. The van der Waals surface area contributed by atoms with Gasteiger partial charge in [0.15, 0.2) is 9.84 Å². The van der Waals surface area contributed by atoms with Crippen molar-refractivity contribution in [3.8, 4) is 0 Å². The summed E-state index contributed by atoms with van der Waals surface area (Å²) in [5.41, 5.74) is 0.642. The molecule has 1 heterocycles. The second-order valence-electron chi connectivity index (χ2n) is 5.01. The lowest BCUT2D eigenvalue weighted by Gasteiger charge is -2.08. The van der Waals surface area contributed by atoms with Gasteiger partial charge in [-0.2, -0.15) is 5.10 Å². The predicted molar refractivity (Wildman–Crippen MR) is 73.7 cm³/mol. The zero-order valence-electron chi connectivity index (χ0n) is 11.4. The Morgan fingerprint density at radius 3 is 2.84 bits per heavy atom. The normalized spacial score (nSPS) is 17.1. The first-order chi connectivity index (χ1) is 9.11. The molecule has 0 N–H and O–H groups in total. The standard InChI is InChI=1S/C13H22N2O3S/c1-2-18-9-10-19(16,17)11-12-7-8-15(14-12)13-5-3-4-6-13/h7-8,13H,2-6,9-11H2,1H3. The van der Waals surface area contributed by atoms with E-state index in [-0.39, 0.29) is 18.1 Å². The summed E-state index contributed by atoms with van der Waals surface area (Å²) < 4.78 is 30.8. The molecule has 0 radical (unpaired) electrons. The summed E-state index contributed by atoms with van der Waals surface area (Å²) in [7, 11) is -3.12. The lowest BCUT2D eigenvalue weighted by molar-refractivity contribution is 0.163. The molecule has 0 saturated heterocycles. The molecule has 0 unspecified atom stereocenters. The minimum atomic E-state index is -3.12. The molecule has 0 atom stereocenters. The summed E-state index contributed by atoms with van der Waals surface area (Å²) in [4.78, 5) is 0. The first kappa shape index (κ1) is 14.5. The molecule has 1 saturated carbocycles. The lowest BCUT2D eigenvalue weighted by Crippen LogP contribution is -2.15. The Hall–Kier alpha value is -0.880. The molecule has 1 aromatic rings. The number of nitrogens with zero attached hydrogens (tertiary/aromatic N) is 2. The van der Waals surface area contributed by atoms with Gasteiger partial charge in [-0.05, 0) is 25.8 Å². The molecule has 6 heteroatoms. The largest absolute Gasteiger partial charge is 0.381 e. The van der Waals surface area contributed by atoms with Gasteiger partial charge in [-0.15, -0.1) is 0 Å². The maximum Gasteiger partial charge on any atom is 0.158 e. The second kappa shape index (κ2) is 6.52. The Balaban J connectivity index is 1.91. The molecule has 1 fully saturated rings. The molecule has 1 aromatic heterocycles. The number of ether oxygens (including phenoxy) is 1. The molecular formula is C13H22N2O3S. The van der Waals surface area contributed by atoms with Crippen molar-refractivity contribution in [2.45, 2.75) is 44.4 Å². The molecule has 0 aromatic carbocycles. The molecule has 1 aliphatic carbocycles. The van der Waals surface area contributed by atoms with Crippen LogP contribution in [0.4, 0.5) is 0 Å². The van der Waals surface area contributed by atoms with Crippen molar-refractivity contribution in [1.29, 1.82) is 0 Å². The number of hydrogen-bond donors (Lipinski definition) is 0. The van der Waals surface area contributed by atoms with E-state index < -0.39 is 9.84 Å². The van der Waals surface area contributed by atoms with Gasteiger partial charge in [0.25, 0.3) is 0 Å². The van der Waals surface area contributed by atoms with Gasteiger partial charge < -0.3 is 4.74 Å². The third kappa shape index (κ3) is 4.31. The molecule has 0 spiro atoms. The van der Waals surface area contributed by atoms with Crippen molar-refractivity contribution in [1.82, 2.24) is 9.78 Å². The Morgan fingerprint density at radius 2 is 2.16 bits per heavy atom. The van der Waals surface area contributed by atoms with E-state index >= 15 is 0 Å². The van der Waals surface area contributed by atoms with Crippen LogP contribution >= 0.6 is 0 Å². The van der Waals surface area contributed by atoms with Crippen LogP contribution in [0.3, 0.4) is 0 Å².